The maximum Gasteiger partial charge on any atom is 0.230 e. The Labute approximate surface area is 154 Å². The average molecular weight is 385 g/mol. The highest BCUT2D eigenvalue weighted by molar-refractivity contribution is 7.15. The van der Waals surface area contributed by atoms with Crippen LogP contribution in [0.15, 0.2) is 18.3 Å². The van der Waals surface area contributed by atoms with Crippen LogP contribution in [0.1, 0.15) is 25.1 Å². The first kappa shape index (κ1) is 18.0. The lowest BCUT2D eigenvalue weighted by molar-refractivity contribution is -0.114. The third kappa shape index (κ3) is 4.65. The number of carbonyl (C=O) groups excluding carboxylic acids is 1. The normalized spacial score (nSPS) is 20.6. The number of nitrogens with one attached hydrogen (secondary N) is 1. The van der Waals surface area contributed by atoms with E-state index in [2.05, 4.69) is 27.1 Å². The van der Waals surface area contributed by atoms with Gasteiger partial charge >= 0.3 is 0 Å². The van der Waals surface area contributed by atoms with Gasteiger partial charge in [0.15, 0.2) is 5.13 Å². The van der Waals surface area contributed by atoms with Crippen LogP contribution in [0.4, 0.5) is 9.52 Å². The van der Waals surface area contributed by atoms with Crippen LogP contribution in [0.2, 0.25) is 5.02 Å². The number of hydrogen-bond acceptors (Lipinski definition) is 6. The number of pyridine rings is 1. The summed E-state index contributed by atoms with van der Waals surface area (Å²) in [7, 11) is 0. The van der Waals surface area contributed by atoms with E-state index in [0.29, 0.717) is 28.9 Å². The number of ether oxygens (including phenoxy) is 1. The Morgan fingerprint density at radius 1 is 1.56 bits per heavy atom. The minimum absolute atomic E-state index is 0.0190. The summed E-state index contributed by atoms with van der Waals surface area (Å²) >= 11 is 6.98. The van der Waals surface area contributed by atoms with Crippen molar-refractivity contribution in [2.24, 2.45) is 0 Å². The summed E-state index contributed by atoms with van der Waals surface area (Å²) < 4.78 is 19.9. The predicted molar refractivity (Wildman–Crippen MR) is 94.5 cm³/mol. The second-order valence-electron chi connectivity index (χ2n) is 5.98. The zero-order chi connectivity index (χ0) is 18.0. The number of amides is 1. The number of rotatable bonds is 5. The van der Waals surface area contributed by atoms with E-state index in [-0.39, 0.29) is 23.2 Å². The second-order valence-corrected chi connectivity index (χ2v) is 7.50. The Hall–Kier alpha value is -1.77. The molecule has 1 aliphatic rings. The highest BCUT2D eigenvalue weighted by Gasteiger charge is 2.32. The number of halogens is 2. The molecular weight excluding hydrogens is 367 g/mol. The molecule has 0 saturated carbocycles. The molecule has 134 valence electrons. The highest BCUT2D eigenvalue weighted by Crippen LogP contribution is 2.28. The Morgan fingerprint density at radius 2 is 2.36 bits per heavy atom. The molecule has 3 rings (SSSR count). The predicted octanol–water partition coefficient (Wildman–Crippen LogP) is 3.33. The van der Waals surface area contributed by atoms with E-state index in [0.717, 1.165) is 17.8 Å². The molecule has 9 heteroatoms. The lowest BCUT2D eigenvalue weighted by atomic mass is 10.2. The van der Waals surface area contributed by atoms with E-state index in [1.54, 1.807) is 18.3 Å². The van der Waals surface area contributed by atoms with Gasteiger partial charge in [-0.25, -0.2) is 4.98 Å². The van der Waals surface area contributed by atoms with Gasteiger partial charge in [-0.05, 0) is 13.0 Å². The lowest BCUT2D eigenvalue weighted by Crippen LogP contribution is -2.28. The van der Waals surface area contributed by atoms with Crippen molar-refractivity contribution in [1.29, 1.82) is 0 Å². The van der Waals surface area contributed by atoms with Gasteiger partial charge in [-0.2, -0.15) is 9.37 Å². The molecule has 2 aromatic rings. The van der Waals surface area contributed by atoms with E-state index in [9.17, 15) is 9.18 Å². The van der Waals surface area contributed by atoms with E-state index in [1.807, 2.05) is 0 Å². The SMILES string of the molecule is CC(=O)Nc1nc(F)c(CN2C[C@H](Oc3ccc(Cl)cn3)C[C@@H]2C)s1. The first-order valence-corrected chi connectivity index (χ1v) is 9.05. The Morgan fingerprint density at radius 3 is 3.04 bits per heavy atom. The van der Waals surface area contributed by atoms with E-state index in [4.69, 9.17) is 16.3 Å². The van der Waals surface area contributed by atoms with Crippen molar-refractivity contribution in [3.8, 4) is 5.88 Å². The largest absolute Gasteiger partial charge is 0.473 e. The van der Waals surface area contributed by atoms with Crippen molar-refractivity contribution in [3.63, 3.8) is 0 Å². The second kappa shape index (κ2) is 7.63. The minimum atomic E-state index is -0.537. The van der Waals surface area contributed by atoms with Crippen LogP contribution < -0.4 is 10.1 Å². The molecule has 1 amide bonds. The molecule has 0 radical (unpaired) electrons. The zero-order valence-electron chi connectivity index (χ0n) is 13.8. The summed E-state index contributed by atoms with van der Waals surface area (Å²) in [5.74, 6) is -0.274. The molecule has 2 aromatic heterocycles. The average Bonchev–Trinajstić information content (AvgIpc) is 3.04. The van der Waals surface area contributed by atoms with E-state index < -0.39 is 5.95 Å². The Balaban J connectivity index is 1.61. The fourth-order valence-corrected chi connectivity index (χ4v) is 3.80. The maximum atomic E-state index is 14.0. The monoisotopic (exact) mass is 384 g/mol. The number of hydrogen-bond donors (Lipinski definition) is 1. The molecule has 1 aliphatic heterocycles. The fraction of sp³-hybridized carbons (Fsp3) is 0.438. The molecule has 6 nitrogen and oxygen atoms in total. The molecular formula is C16H18ClFN4O2S. The molecule has 0 aromatic carbocycles. The summed E-state index contributed by atoms with van der Waals surface area (Å²) in [6, 6.07) is 3.71. The number of thiazole rings is 1. The van der Waals surface area contributed by atoms with Crippen molar-refractivity contribution in [2.45, 2.75) is 39.0 Å². The van der Waals surface area contributed by atoms with Crippen LogP contribution >= 0.6 is 22.9 Å². The van der Waals surface area contributed by atoms with Crippen LogP contribution in [-0.4, -0.2) is 39.5 Å². The molecule has 1 saturated heterocycles. The number of likely N-dealkylation sites (tertiary alicyclic amines) is 1. The first-order valence-electron chi connectivity index (χ1n) is 7.85. The van der Waals surface area contributed by atoms with Gasteiger partial charge in [-0.15, -0.1) is 0 Å². The van der Waals surface area contributed by atoms with Gasteiger partial charge < -0.3 is 10.1 Å². The van der Waals surface area contributed by atoms with Crippen molar-refractivity contribution >= 4 is 34.0 Å². The topological polar surface area (TPSA) is 67.4 Å². The fourth-order valence-electron chi connectivity index (χ4n) is 2.77. The molecule has 0 spiro atoms. The summed E-state index contributed by atoms with van der Waals surface area (Å²) in [6.07, 6.45) is 2.35. The third-order valence-electron chi connectivity index (χ3n) is 3.93. The highest BCUT2D eigenvalue weighted by atomic mass is 35.5. The summed E-state index contributed by atoms with van der Waals surface area (Å²) in [5, 5.41) is 3.36. The number of nitrogens with zero attached hydrogens (tertiary/aromatic N) is 3. The minimum Gasteiger partial charge on any atom is -0.473 e. The van der Waals surface area contributed by atoms with Crippen LogP contribution in [0, 0.1) is 5.95 Å². The standard InChI is InChI=1S/C16H18ClFN4O2S/c1-9-5-12(24-14-4-3-11(17)6-19-14)7-22(9)8-13-15(18)21-16(25-13)20-10(2)23/h3-4,6,9,12H,5,7-8H2,1-2H3,(H,20,21,23)/t9-,12+/m0/s1. The van der Waals surface area contributed by atoms with Crippen molar-refractivity contribution in [3.05, 3.63) is 34.2 Å². The first-order chi connectivity index (χ1) is 11.9. The third-order valence-corrected chi connectivity index (χ3v) is 5.09. The quantitative estimate of drug-likeness (QED) is 0.856. The van der Waals surface area contributed by atoms with Gasteiger partial charge in [0.1, 0.15) is 6.10 Å². The Bertz CT molecular complexity index is 755. The van der Waals surface area contributed by atoms with Gasteiger partial charge in [-0.3, -0.25) is 9.69 Å². The molecule has 1 fully saturated rings. The van der Waals surface area contributed by atoms with Gasteiger partial charge in [-0.1, -0.05) is 22.9 Å². The zero-order valence-corrected chi connectivity index (χ0v) is 15.4. The molecule has 25 heavy (non-hydrogen) atoms. The lowest BCUT2D eigenvalue weighted by Gasteiger charge is -2.19. The molecule has 2 atom stereocenters. The van der Waals surface area contributed by atoms with Gasteiger partial charge in [0.05, 0.1) is 9.90 Å². The van der Waals surface area contributed by atoms with Gasteiger partial charge in [0, 0.05) is 44.7 Å². The summed E-state index contributed by atoms with van der Waals surface area (Å²) in [5.41, 5.74) is 0. The number of aromatic nitrogens is 2. The van der Waals surface area contributed by atoms with Crippen LogP contribution in [0.5, 0.6) is 5.88 Å². The molecule has 3 heterocycles. The van der Waals surface area contributed by atoms with Crippen LogP contribution in [0.3, 0.4) is 0 Å². The Kier molecular flexibility index (Phi) is 5.51. The molecule has 0 unspecified atom stereocenters. The van der Waals surface area contributed by atoms with Gasteiger partial charge in [0.25, 0.3) is 0 Å². The summed E-state index contributed by atoms with van der Waals surface area (Å²) in [6.45, 7) is 4.54. The maximum absolute atomic E-state index is 14.0. The summed E-state index contributed by atoms with van der Waals surface area (Å²) in [4.78, 5) is 21.6. The van der Waals surface area contributed by atoms with Crippen LogP contribution in [-0.2, 0) is 11.3 Å². The van der Waals surface area contributed by atoms with Crippen molar-refractivity contribution in [2.75, 3.05) is 11.9 Å². The van der Waals surface area contributed by atoms with E-state index in [1.165, 1.54) is 6.92 Å². The number of carbonyl (C=O) groups is 1. The van der Waals surface area contributed by atoms with Crippen molar-refractivity contribution in [1.82, 2.24) is 14.9 Å². The molecule has 0 aliphatic carbocycles. The number of anilines is 1. The van der Waals surface area contributed by atoms with Gasteiger partial charge in [0.2, 0.25) is 17.7 Å². The van der Waals surface area contributed by atoms with Crippen LogP contribution in [0.25, 0.3) is 0 Å². The molecule has 1 N–H and O–H groups in total. The smallest absolute Gasteiger partial charge is 0.230 e. The van der Waals surface area contributed by atoms with E-state index >= 15 is 0 Å². The van der Waals surface area contributed by atoms with Crippen molar-refractivity contribution < 1.29 is 13.9 Å². The molecule has 0 bridgehead atoms.